The molecule has 1 heterocycles. The number of hydrogen-bond donors (Lipinski definition) is 1. The Morgan fingerprint density at radius 2 is 2.00 bits per heavy atom. The minimum Gasteiger partial charge on any atom is -0.497 e. The Labute approximate surface area is 100 Å². The Kier molecular flexibility index (Phi) is 2.62. The fourth-order valence-corrected chi connectivity index (χ4v) is 1.90. The second-order valence-corrected chi connectivity index (χ2v) is 5.17. The number of esters is 1. The third-order valence-electron chi connectivity index (χ3n) is 2.86. The molecule has 2 rings (SSSR count). The zero-order chi connectivity index (χ0) is 12.8. The van der Waals surface area contributed by atoms with Crippen LogP contribution in [0.2, 0.25) is 0 Å². The van der Waals surface area contributed by atoms with Gasteiger partial charge in [-0.1, -0.05) is 20.8 Å². The highest BCUT2D eigenvalue weighted by Crippen LogP contribution is 2.43. The fourth-order valence-electron chi connectivity index (χ4n) is 1.90. The van der Waals surface area contributed by atoms with Crippen LogP contribution in [0.3, 0.4) is 0 Å². The maximum atomic E-state index is 11.4. The van der Waals surface area contributed by atoms with Crippen LogP contribution >= 0.6 is 0 Å². The molecular weight excluding hydrogens is 220 g/mol. The minimum atomic E-state index is -1.21. The Morgan fingerprint density at radius 1 is 1.35 bits per heavy atom. The number of fused-ring (bicyclic) bond motifs is 1. The first-order valence-electron chi connectivity index (χ1n) is 5.46. The summed E-state index contributed by atoms with van der Waals surface area (Å²) in [5.74, 6) is 0.459. The molecule has 0 aliphatic carbocycles. The number of carbonyl (C=O) groups excluding carboxylic acids is 1. The van der Waals surface area contributed by atoms with Gasteiger partial charge in [-0.15, -0.1) is 0 Å². The summed E-state index contributed by atoms with van der Waals surface area (Å²) in [7, 11) is 1.55. The summed E-state index contributed by atoms with van der Waals surface area (Å²) < 4.78 is 10.3. The van der Waals surface area contributed by atoms with Crippen LogP contribution in [0.4, 0.5) is 0 Å². The standard InChI is InChI=1S/C13H16O4/c1-13(2,3)9-6-7(16-4)5-8-10(14)12(15)17-11(8)9/h5-6,10,14H,1-4H3. The molecule has 0 amide bonds. The van der Waals surface area contributed by atoms with Gasteiger partial charge in [-0.3, -0.25) is 0 Å². The van der Waals surface area contributed by atoms with Gasteiger partial charge in [0.05, 0.1) is 7.11 Å². The average Bonchev–Trinajstić information content (AvgIpc) is 2.53. The van der Waals surface area contributed by atoms with Crippen molar-refractivity contribution in [3.63, 3.8) is 0 Å². The second kappa shape index (κ2) is 3.74. The van der Waals surface area contributed by atoms with Gasteiger partial charge in [-0.2, -0.15) is 0 Å². The fraction of sp³-hybridized carbons (Fsp3) is 0.462. The summed E-state index contributed by atoms with van der Waals surface area (Å²) in [6.07, 6.45) is -1.21. The van der Waals surface area contributed by atoms with Crippen LogP contribution in [0.15, 0.2) is 12.1 Å². The number of carbonyl (C=O) groups is 1. The van der Waals surface area contributed by atoms with E-state index in [1.54, 1.807) is 13.2 Å². The Bertz CT molecular complexity index is 471. The minimum absolute atomic E-state index is 0.192. The predicted octanol–water partition coefficient (Wildman–Crippen LogP) is 1.95. The SMILES string of the molecule is COc1cc2c(c(C(C)(C)C)c1)OC(=O)C2O. The van der Waals surface area contributed by atoms with E-state index in [-0.39, 0.29) is 5.41 Å². The first-order chi connectivity index (χ1) is 7.84. The van der Waals surface area contributed by atoms with Gasteiger partial charge < -0.3 is 14.6 Å². The van der Waals surface area contributed by atoms with Crippen LogP contribution in [0.1, 0.15) is 38.0 Å². The normalized spacial score (nSPS) is 18.9. The molecule has 1 aromatic carbocycles. The number of benzene rings is 1. The molecule has 1 unspecified atom stereocenters. The van der Waals surface area contributed by atoms with Gasteiger partial charge in [0, 0.05) is 11.1 Å². The molecule has 0 radical (unpaired) electrons. The molecule has 17 heavy (non-hydrogen) atoms. The van der Waals surface area contributed by atoms with Crippen molar-refractivity contribution < 1.29 is 19.4 Å². The van der Waals surface area contributed by atoms with E-state index in [4.69, 9.17) is 9.47 Å². The van der Waals surface area contributed by atoms with Gasteiger partial charge in [0.2, 0.25) is 0 Å². The summed E-state index contributed by atoms with van der Waals surface area (Å²) in [5, 5.41) is 9.73. The molecule has 1 N–H and O–H groups in total. The van der Waals surface area contributed by atoms with E-state index in [2.05, 4.69) is 0 Å². The molecule has 0 saturated heterocycles. The second-order valence-electron chi connectivity index (χ2n) is 5.17. The highest BCUT2D eigenvalue weighted by atomic mass is 16.6. The molecule has 0 spiro atoms. The summed E-state index contributed by atoms with van der Waals surface area (Å²) in [6, 6.07) is 3.48. The predicted molar refractivity (Wildman–Crippen MR) is 62.3 cm³/mol. The molecule has 1 aromatic rings. The van der Waals surface area contributed by atoms with Crippen molar-refractivity contribution in [1.82, 2.24) is 0 Å². The largest absolute Gasteiger partial charge is 0.497 e. The first kappa shape index (κ1) is 11.9. The zero-order valence-electron chi connectivity index (χ0n) is 10.4. The molecule has 0 bridgehead atoms. The van der Waals surface area contributed by atoms with Crippen molar-refractivity contribution in [3.05, 3.63) is 23.3 Å². The van der Waals surface area contributed by atoms with E-state index >= 15 is 0 Å². The number of aliphatic hydroxyl groups excluding tert-OH is 1. The van der Waals surface area contributed by atoms with Crippen LogP contribution in [0.5, 0.6) is 11.5 Å². The number of ether oxygens (including phenoxy) is 2. The number of rotatable bonds is 1. The van der Waals surface area contributed by atoms with Crippen LogP contribution in [-0.4, -0.2) is 18.2 Å². The molecule has 1 atom stereocenters. The van der Waals surface area contributed by atoms with Crippen LogP contribution in [-0.2, 0) is 10.2 Å². The Morgan fingerprint density at radius 3 is 2.53 bits per heavy atom. The number of methoxy groups -OCH3 is 1. The summed E-state index contributed by atoms with van der Waals surface area (Å²) in [4.78, 5) is 11.4. The molecule has 4 nitrogen and oxygen atoms in total. The van der Waals surface area contributed by atoms with E-state index in [1.807, 2.05) is 26.8 Å². The number of hydrogen-bond acceptors (Lipinski definition) is 4. The van der Waals surface area contributed by atoms with Crippen molar-refractivity contribution in [3.8, 4) is 11.5 Å². The lowest BCUT2D eigenvalue weighted by atomic mass is 9.85. The Balaban J connectivity index is 2.66. The highest BCUT2D eigenvalue weighted by Gasteiger charge is 2.36. The molecule has 4 heteroatoms. The molecule has 0 aromatic heterocycles. The number of aliphatic hydroxyl groups is 1. The van der Waals surface area contributed by atoms with Gasteiger partial charge in [0.1, 0.15) is 11.5 Å². The third-order valence-corrected chi connectivity index (χ3v) is 2.86. The topological polar surface area (TPSA) is 55.8 Å². The van der Waals surface area contributed by atoms with Gasteiger partial charge in [-0.25, -0.2) is 4.79 Å². The van der Waals surface area contributed by atoms with E-state index in [0.29, 0.717) is 17.1 Å². The monoisotopic (exact) mass is 236 g/mol. The van der Waals surface area contributed by atoms with Crippen LogP contribution in [0.25, 0.3) is 0 Å². The van der Waals surface area contributed by atoms with Gasteiger partial charge in [0.25, 0.3) is 0 Å². The lowest BCUT2D eigenvalue weighted by Crippen LogP contribution is -2.13. The van der Waals surface area contributed by atoms with Gasteiger partial charge in [-0.05, 0) is 17.5 Å². The summed E-state index contributed by atoms with van der Waals surface area (Å²) >= 11 is 0. The van der Waals surface area contributed by atoms with E-state index < -0.39 is 12.1 Å². The molecule has 1 aliphatic rings. The first-order valence-corrected chi connectivity index (χ1v) is 5.46. The maximum Gasteiger partial charge on any atom is 0.345 e. The quantitative estimate of drug-likeness (QED) is 0.598. The molecule has 0 fully saturated rings. The highest BCUT2D eigenvalue weighted by molar-refractivity contribution is 5.85. The van der Waals surface area contributed by atoms with Gasteiger partial charge >= 0.3 is 5.97 Å². The van der Waals surface area contributed by atoms with E-state index in [1.165, 1.54) is 0 Å². The van der Waals surface area contributed by atoms with Crippen molar-refractivity contribution in [2.45, 2.75) is 32.3 Å². The molecule has 1 aliphatic heterocycles. The zero-order valence-corrected chi connectivity index (χ0v) is 10.4. The Hall–Kier alpha value is -1.55. The van der Waals surface area contributed by atoms with Crippen molar-refractivity contribution in [2.75, 3.05) is 7.11 Å². The van der Waals surface area contributed by atoms with Crippen LogP contribution in [0, 0.1) is 0 Å². The molecular formula is C13H16O4. The van der Waals surface area contributed by atoms with E-state index in [9.17, 15) is 9.90 Å². The lowest BCUT2D eigenvalue weighted by Gasteiger charge is -2.22. The molecule has 0 saturated carbocycles. The van der Waals surface area contributed by atoms with Crippen LogP contribution < -0.4 is 9.47 Å². The summed E-state index contributed by atoms with van der Waals surface area (Å²) in [6.45, 7) is 6.04. The van der Waals surface area contributed by atoms with Crippen molar-refractivity contribution in [2.24, 2.45) is 0 Å². The smallest absolute Gasteiger partial charge is 0.345 e. The molecule has 92 valence electrons. The van der Waals surface area contributed by atoms with Crippen molar-refractivity contribution in [1.29, 1.82) is 0 Å². The third kappa shape index (κ3) is 1.89. The van der Waals surface area contributed by atoms with Gasteiger partial charge in [0.15, 0.2) is 6.10 Å². The van der Waals surface area contributed by atoms with E-state index in [0.717, 1.165) is 5.56 Å². The lowest BCUT2D eigenvalue weighted by molar-refractivity contribution is -0.140. The maximum absolute atomic E-state index is 11.4. The van der Waals surface area contributed by atoms with Crippen molar-refractivity contribution >= 4 is 5.97 Å². The average molecular weight is 236 g/mol. The summed E-state index contributed by atoms with van der Waals surface area (Å²) in [5.41, 5.74) is 1.15.